The van der Waals surface area contributed by atoms with E-state index in [4.69, 9.17) is 14.4 Å². The summed E-state index contributed by atoms with van der Waals surface area (Å²) in [6.45, 7) is 12.6. The van der Waals surface area contributed by atoms with E-state index in [2.05, 4.69) is 30.4 Å². The molecule has 1 aliphatic rings. The minimum Gasteiger partial charge on any atom is -0.422 e. The van der Waals surface area contributed by atoms with Crippen molar-refractivity contribution in [3.63, 3.8) is 0 Å². The number of ether oxygens (including phenoxy) is 2. The minimum absolute atomic E-state index is 0.198. The molecule has 0 aromatic rings. The summed E-state index contributed by atoms with van der Waals surface area (Å²) in [4.78, 5) is 32.3. The molecule has 0 radical (unpaired) electrons. The van der Waals surface area contributed by atoms with Crippen molar-refractivity contribution in [1.29, 1.82) is 0 Å². The molecule has 0 bridgehead atoms. The fourth-order valence-electron chi connectivity index (χ4n) is 2.56. The fraction of sp³-hybridized carbons (Fsp3) is 0.765. The molecular formula is C17H28O7. The van der Waals surface area contributed by atoms with Crippen LogP contribution in [-0.4, -0.2) is 24.0 Å². The molecule has 0 aromatic heterocycles. The molecule has 1 rings (SSSR count). The molecule has 1 fully saturated rings. The number of hydrogen-bond acceptors (Lipinski definition) is 7. The second-order valence-corrected chi connectivity index (χ2v) is 6.89. The van der Waals surface area contributed by atoms with E-state index in [1.165, 1.54) is 13.8 Å². The van der Waals surface area contributed by atoms with Crippen LogP contribution in [0.3, 0.4) is 0 Å². The Morgan fingerprint density at radius 2 is 1.71 bits per heavy atom. The summed E-state index contributed by atoms with van der Waals surface area (Å²) in [5.41, 5.74) is -0.299. The van der Waals surface area contributed by atoms with E-state index in [0.29, 0.717) is 11.8 Å². The lowest BCUT2D eigenvalue weighted by atomic mass is 9.75. The standard InChI is InChI=1S/C17H28O7/c1-11(2)14-7-9-17(6,10-8-14)23-24-22-16(19)21-13(5)20-15(18)12(3)4/h11,13-14H,3,7-10H2,1-2,4-6H3. The normalized spacial score (nSPS) is 25.0. The van der Waals surface area contributed by atoms with Crippen LogP contribution in [0.5, 0.6) is 0 Å². The Bertz CT molecular complexity index is 450. The molecule has 0 N–H and O–H groups in total. The molecule has 0 heterocycles. The van der Waals surface area contributed by atoms with Gasteiger partial charge in [0.2, 0.25) is 6.29 Å². The molecule has 0 saturated heterocycles. The van der Waals surface area contributed by atoms with Crippen LogP contribution in [0, 0.1) is 11.8 Å². The molecule has 1 aliphatic carbocycles. The molecule has 0 spiro atoms. The van der Waals surface area contributed by atoms with Gasteiger partial charge in [0, 0.05) is 12.5 Å². The Morgan fingerprint density at radius 1 is 1.12 bits per heavy atom. The quantitative estimate of drug-likeness (QED) is 0.226. The summed E-state index contributed by atoms with van der Waals surface area (Å²) in [6.07, 6.45) is 1.44. The second kappa shape index (κ2) is 9.03. The van der Waals surface area contributed by atoms with Crippen LogP contribution >= 0.6 is 0 Å². The molecule has 0 aromatic carbocycles. The number of rotatable bonds is 7. The minimum atomic E-state index is -1.16. The molecule has 1 atom stereocenters. The lowest BCUT2D eigenvalue weighted by Gasteiger charge is -2.36. The van der Waals surface area contributed by atoms with E-state index in [0.717, 1.165) is 25.7 Å². The van der Waals surface area contributed by atoms with Crippen LogP contribution in [0.1, 0.15) is 60.3 Å². The zero-order valence-corrected chi connectivity index (χ0v) is 15.1. The maximum Gasteiger partial charge on any atom is 0.545 e. The lowest BCUT2D eigenvalue weighted by molar-refractivity contribution is -0.522. The highest BCUT2D eigenvalue weighted by Gasteiger charge is 2.35. The van der Waals surface area contributed by atoms with E-state index >= 15 is 0 Å². The monoisotopic (exact) mass is 344 g/mol. The number of carbonyl (C=O) groups is 2. The van der Waals surface area contributed by atoms with Crippen molar-refractivity contribution in [3.8, 4) is 0 Å². The number of esters is 1. The largest absolute Gasteiger partial charge is 0.545 e. The fourth-order valence-corrected chi connectivity index (χ4v) is 2.56. The SMILES string of the molecule is C=C(C)C(=O)OC(C)OC(=O)OOOC1(C)CCC(C(C)C)CC1. The molecule has 138 valence electrons. The van der Waals surface area contributed by atoms with Gasteiger partial charge in [-0.05, 0) is 56.4 Å². The third-order valence-electron chi connectivity index (χ3n) is 4.25. The second-order valence-electron chi connectivity index (χ2n) is 6.89. The average Bonchev–Trinajstić information content (AvgIpc) is 2.46. The van der Waals surface area contributed by atoms with Gasteiger partial charge in [0.05, 0.1) is 0 Å². The first-order valence-corrected chi connectivity index (χ1v) is 8.22. The van der Waals surface area contributed by atoms with Gasteiger partial charge >= 0.3 is 12.1 Å². The maximum absolute atomic E-state index is 11.4. The average molecular weight is 344 g/mol. The van der Waals surface area contributed by atoms with Gasteiger partial charge in [0.25, 0.3) is 0 Å². The van der Waals surface area contributed by atoms with E-state index in [-0.39, 0.29) is 5.57 Å². The van der Waals surface area contributed by atoms with Crippen LogP contribution in [0.15, 0.2) is 12.2 Å². The Morgan fingerprint density at radius 3 is 2.21 bits per heavy atom. The van der Waals surface area contributed by atoms with Gasteiger partial charge in [-0.2, -0.15) is 4.89 Å². The molecular weight excluding hydrogens is 316 g/mol. The topological polar surface area (TPSA) is 80.3 Å². The van der Waals surface area contributed by atoms with Crippen LogP contribution in [0.25, 0.3) is 0 Å². The van der Waals surface area contributed by atoms with Gasteiger partial charge < -0.3 is 9.47 Å². The molecule has 7 nitrogen and oxygen atoms in total. The summed E-state index contributed by atoms with van der Waals surface area (Å²) in [5.74, 6) is 0.656. The van der Waals surface area contributed by atoms with Gasteiger partial charge in [0.15, 0.2) is 0 Å². The van der Waals surface area contributed by atoms with Gasteiger partial charge in [-0.1, -0.05) is 20.4 Å². The highest BCUT2D eigenvalue weighted by Crippen LogP contribution is 2.37. The number of hydrogen-bond donors (Lipinski definition) is 0. The smallest absolute Gasteiger partial charge is 0.422 e. The van der Waals surface area contributed by atoms with Gasteiger partial charge in [-0.3, -0.25) is 0 Å². The Hall–Kier alpha value is -1.60. The van der Waals surface area contributed by atoms with Crippen LogP contribution < -0.4 is 0 Å². The first-order valence-electron chi connectivity index (χ1n) is 8.22. The molecule has 1 saturated carbocycles. The highest BCUT2D eigenvalue weighted by molar-refractivity contribution is 5.87. The zero-order chi connectivity index (χ0) is 18.3. The van der Waals surface area contributed by atoms with Crippen molar-refractivity contribution < 1.29 is 33.9 Å². The van der Waals surface area contributed by atoms with E-state index in [9.17, 15) is 9.59 Å². The summed E-state index contributed by atoms with van der Waals surface area (Å²) < 4.78 is 9.47. The summed E-state index contributed by atoms with van der Waals surface area (Å²) in [5, 5.41) is 4.55. The predicted molar refractivity (Wildman–Crippen MR) is 85.3 cm³/mol. The Labute approximate surface area is 143 Å². The van der Waals surface area contributed by atoms with Gasteiger partial charge in [-0.15, -0.1) is 0 Å². The predicted octanol–water partition coefficient (Wildman–Crippen LogP) is 4.07. The first-order chi connectivity index (χ1) is 11.1. The summed E-state index contributed by atoms with van der Waals surface area (Å²) >= 11 is 0. The Kier molecular flexibility index (Phi) is 7.69. The maximum atomic E-state index is 11.4. The van der Waals surface area contributed by atoms with Gasteiger partial charge in [-0.25, -0.2) is 14.5 Å². The van der Waals surface area contributed by atoms with Crippen molar-refractivity contribution in [3.05, 3.63) is 12.2 Å². The van der Waals surface area contributed by atoms with Crippen molar-refractivity contribution in [2.24, 2.45) is 11.8 Å². The number of carbonyl (C=O) groups excluding carboxylic acids is 2. The van der Waals surface area contributed by atoms with E-state index in [1.54, 1.807) is 0 Å². The zero-order valence-electron chi connectivity index (χ0n) is 15.1. The molecule has 1 unspecified atom stereocenters. The molecule has 7 heteroatoms. The van der Waals surface area contributed by atoms with E-state index < -0.39 is 24.0 Å². The van der Waals surface area contributed by atoms with E-state index in [1.807, 2.05) is 6.92 Å². The first kappa shape index (κ1) is 20.4. The molecule has 0 amide bonds. The van der Waals surface area contributed by atoms with Crippen LogP contribution in [0.2, 0.25) is 0 Å². The third-order valence-corrected chi connectivity index (χ3v) is 4.25. The molecule has 24 heavy (non-hydrogen) atoms. The van der Waals surface area contributed by atoms with Crippen molar-refractivity contribution in [2.75, 3.05) is 0 Å². The van der Waals surface area contributed by atoms with Gasteiger partial charge in [0.1, 0.15) is 5.60 Å². The van der Waals surface area contributed by atoms with Crippen LogP contribution in [-0.2, 0) is 29.1 Å². The van der Waals surface area contributed by atoms with Crippen LogP contribution in [0.4, 0.5) is 4.79 Å². The Balaban J connectivity index is 2.25. The van der Waals surface area contributed by atoms with Crippen molar-refractivity contribution >= 4 is 12.1 Å². The van der Waals surface area contributed by atoms with Crippen molar-refractivity contribution in [1.82, 2.24) is 0 Å². The summed E-state index contributed by atoms with van der Waals surface area (Å²) in [7, 11) is 0. The molecule has 0 aliphatic heterocycles. The highest BCUT2D eigenvalue weighted by atomic mass is 17.5. The lowest BCUT2D eigenvalue weighted by Crippen LogP contribution is -2.35. The third kappa shape index (κ3) is 6.88. The van der Waals surface area contributed by atoms with Crippen molar-refractivity contribution in [2.45, 2.75) is 72.2 Å². The summed E-state index contributed by atoms with van der Waals surface area (Å²) in [6, 6.07) is 0.